The quantitative estimate of drug-likeness (QED) is 0.680. The monoisotopic (exact) mass is 239 g/mol. The summed E-state index contributed by atoms with van der Waals surface area (Å²) in [6, 6.07) is 0. The van der Waals surface area contributed by atoms with Gasteiger partial charge in [0.15, 0.2) is 0 Å². The molecular weight excluding hydrogens is 218 g/mol. The molecule has 0 unspecified atom stereocenters. The van der Waals surface area contributed by atoms with Gasteiger partial charge in [-0.3, -0.25) is 9.48 Å². The first-order chi connectivity index (χ1) is 8.06. The Balaban J connectivity index is 2.38. The van der Waals surface area contributed by atoms with Crippen molar-refractivity contribution in [3.8, 4) is 0 Å². The lowest BCUT2D eigenvalue weighted by molar-refractivity contribution is -0.120. The summed E-state index contributed by atoms with van der Waals surface area (Å²) in [7, 11) is 1.82. The molecule has 1 aromatic heterocycles. The Morgan fingerprint density at radius 2 is 2.18 bits per heavy atom. The van der Waals surface area contributed by atoms with Gasteiger partial charge in [-0.1, -0.05) is 6.92 Å². The van der Waals surface area contributed by atoms with Crippen LogP contribution in [0, 0.1) is 6.92 Å². The van der Waals surface area contributed by atoms with E-state index in [2.05, 4.69) is 15.7 Å². The number of nitrogens with zero attached hydrogens (tertiary/aromatic N) is 2. The van der Waals surface area contributed by atoms with Gasteiger partial charge < -0.3 is 16.4 Å². The molecule has 0 aliphatic carbocycles. The summed E-state index contributed by atoms with van der Waals surface area (Å²) in [6.45, 7) is 5.16. The van der Waals surface area contributed by atoms with E-state index in [1.807, 2.05) is 20.9 Å². The zero-order chi connectivity index (χ0) is 12.8. The molecule has 0 radical (unpaired) electrons. The first-order valence-corrected chi connectivity index (χ1v) is 5.85. The first-order valence-electron chi connectivity index (χ1n) is 5.85. The van der Waals surface area contributed by atoms with E-state index in [1.165, 1.54) is 0 Å². The van der Waals surface area contributed by atoms with E-state index >= 15 is 0 Å². The van der Waals surface area contributed by atoms with E-state index in [-0.39, 0.29) is 5.91 Å². The van der Waals surface area contributed by atoms with Gasteiger partial charge >= 0.3 is 0 Å². The van der Waals surface area contributed by atoms with Gasteiger partial charge in [-0.15, -0.1) is 0 Å². The molecule has 1 rings (SSSR count). The average molecular weight is 239 g/mol. The van der Waals surface area contributed by atoms with Crippen LogP contribution in [0.5, 0.6) is 0 Å². The molecule has 0 aromatic carbocycles. The Morgan fingerprint density at radius 1 is 1.47 bits per heavy atom. The van der Waals surface area contributed by atoms with Crippen molar-refractivity contribution in [2.45, 2.75) is 26.7 Å². The van der Waals surface area contributed by atoms with Gasteiger partial charge in [0.05, 0.1) is 11.4 Å². The van der Waals surface area contributed by atoms with E-state index in [0.29, 0.717) is 18.7 Å². The molecule has 0 aliphatic rings. The first kappa shape index (κ1) is 13.3. The number of anilines is 2. The second-order valence-corrected chi connectivity index (χ2v) is 4.00. The van der Waals surface area contributed by atoms with E-state index in [1.54, 1.807) is 4.68 Å². The van der Waals surface area contributed by atoms with Crippen molar-refractivity contribution in [3.05, 3.63) is 5.69 Å². The minimum Gasteiger partial charge on any atom is -0.394 e. The van der Waals surface area contributed by atoms with Crippen LogP contribution >= 0.6 is 0 Å². The molecule has 1 aromatic rings. The van der Waals surface area contributed by atoms with Crippen molar-refractivity contribution < 1.29 is 4.79 Å². The molecule has 0 saturated carbocycles. The fraction of sp³-hybridized carbons (Fsp3) is 0.636. The van der Waals surface area contributed by atoms with Gasteiger partial charge in [-0.2, -0.15) is 5.10 Å². The highest BCUT2D eigenvalue weighted by molar-refractivity contribution is 5.76. The maximum absolute atomic E-state index is 11.4. The summed E-state index contributed by atoms with van der Waals surface area (Å²) in [4.78, 5) is 11.4. The SMILES string of the molecule is CCCNC(=O)CCNc1c(N)c(C)nn1C. The van der Waals surface area contributed by atoms with Gasteiger partial charge in [-0.25, -0.2) is 0 Å². The molecule has 0 spiro atoms. The molecular formula is C11H21N5O. The second-order valence-electron chi connectivity index (χ2n) is 4.00. The summed E-state index contributed by atoms with van der Waals surface area (Å²) in [5.41, 5.74) is 7.29. The van der Waals surface area contributed by atoms with Crippen molar-refractivity contribution in [1.29, 1.82) is 0 Å². The van der Waals surface area contributed by atoms with E-state index in [9.17, 15) is 4.79 Å². The number of nitrogen functional groups attached to an aromatic ring is 1. The maximum Gasteiger partial charge on any atom is 0.221 e. The fourth-order valence-electron chi connectivity index (χ4n) is 1.53. The number of carbonyl (C=O) groups excluding carboxylic acids is 1. The summed E-state index contributed by atoms with van der Waals surface area (Å²) in [6.07, 6.45) is 1.39. The molecule has 96 valence electrons. The molecule has 1 heterocycles. The van der Waals surface area contributed by atoms with Crippen LogP contribution in [0.25, 0.3) is 0 Å². The molecule has 6 nitrogen and oxygen atoms in total. The average Bonchev–Trinajstić information content (AvgIpc) is 2.53. The highest BCUT2D eigenvalue weighted by Gasteiger charge is 2.09. The molecule has 0 fully saturated rings. The van der Waals surface area contributed by atoms with Crippen LogP contribution in [0.3, 0.4) is 0 Å². The lowest BCUT2D eigenvalue weighted by atomic mass is 10.3. The lowest BCUT2D eigenvalue weighted by Crippen LogP contribution is -2.26. The van der Waals surface area contributed by atoms with Crippen molar-refractivity contribution in [2.75, 3.05) is 24.1 Å². The van der Waals surface area contributed by atoms with Crippen LogP contribution in [0.15, 0.2) is 0 Å². The third-order valence-electron chi connectivity index (χ3n) is 2.49. The van der Waals surface area contributed by atoms with E-state index in [0.717, 1.165) is 24.5 Å². The smallest absolute Gasteiger partial charge is 0.221 e. The molecule has 4 N–H and O–H groups in total. The summed E-state index contributed by atoms with van der Waals surface area (Å²) >= 11 is 0. The third-order valence-corrected chi connectivity index (χ3v) is 2.49. The lowest BCUT2D eigenvalue weighted by Gasteiger charge is -2.07. The van der Waals surface area contributed by atoms with Crippen molar-refractivity contribution in [3.63, 3.8) is 0 Å². The number of aryl methyl sites for hydroxylation is 2. The van der Waals surface area contributed by atoms with Gasteiger partial charge in [0.2, 0.25) is 5.91 Å². The molecule has 0 atom stereocenters. The fourth-order valence-corrected chi connectivity index (χ4v) is 1.53. The van der Waals surface area contributed by atoms with Gasteiger partial charge in [0, 0.05) is 26.6 Å². The second kappa shape index (κ2) is 6.12. The summed E-state index contributed by atoms with van der Waals surface area (Å²) < 4.78 is 1.69. The van der Waals surface area contributed by atoms with E-state index < -0.39 is 0 Å². The number of hydrogen-bond acceptors (Lipinski definition) is 4. The number of rotatable bonds is 6. The highest BCUT2D eigenvalue weighted by atomic mass is 16.1. The number of carbonyl (C=O) groups is 1. The number of aromatic nitrogens is 2. The molecule has 1 amide bonds. The summed E-state index contributed by atoms with van der Waals surface area (Å²) in [5.74, 6) is 0.822. The predicted octanol–water partition coefficient (Wildman–Crippen LogP) is 0.639. The van der Waals surface area contributed by atoms with Gasteiger partial charge in [0.25, 0.3) is 0 Å². The summed E-state index contributed by atoms with van der Waals surface area (Å²) in [5, 5.41) is 10.1. The normalized spacial score (nSPS) is 10.3. The standard InChI is InChI=1S/C11H21N5O/c1-4-6-13-9(17)5-7-14-11-10(12)8(2)15-16(11)3/h14H,4-7,12H2,1-3H3,(H,13,17). The number of nitrogens with two attached hydrogens (primary N) is 1. The predicted molar refractivity (Wildman–Crippen MR) is 68.8 cm³/mol. The van der Waals surface area contributed by atoms with Crippen molar-refractivity contribution in [2.24, 2.45) is 7.05 Å². The Hall–Kier alpha value is -1.72. The minimum absolute atomic E-state index is 0.0526. The van der Waals surface area contributed by atoms with Crippen LogP contribution in [-0.4, -0.2) is 28.8 Å². The van der Waals surface area contributed by atoms with Crippen molar-refractivity contribution in [1.82, 2.24) is 15.1 Å². The van der Waals surface area contributed by atoms with Crippen LogP contribution in [0.4, 0.5) is 11.5 Å². The van der Waals surface area contributed by atoms with Crippen molar-refractivity contribution >= 4 is 17.4 Å². The maximum atomic E-state index is 11.4. The van der Waals surface area contributed by atoms with Crippen LogP contribution in [0.2, 0.25) is 0 Å². The topological polar surface area (TPSA) is 85.0 Å². The molecule has 0 aliphatic heterocycles. The van der Waals surface area contributed by atoms with Gasteiger partial charge in [0.1, 0.15) is 5.82 Å². The Kier molecular flexibility index (Phi) is 4.81. The number of hydrogen-bond donors (Lipinski definition) is 3. The van der Waals surface area contributed by atoms with Crippen LogP contribution < -0.4 is 16.4 Å². The highest BCUT2D eigenvalue weighted by Crippen LogP contribution is 2.20. The minimum atomic E-state index is 0.0526. The Bertz CT molecular complexity index is 385. The van der Waals surface area contributed by atoms with Crippen LogP contribution in [0.1, 0.15) is 25.5 Å². The zero-order valence-electron chi connectivity index (χ0n) is 10.7. The largest absolute Gasteiger partial charge is 0.394 e. The Morgan fingerprint density at radius 3 is 2.71 bits per heavy atom. The molecule has 0 bridgehead atoms. The third kappa shape index (κ3) is 3.65. The molecule has 6 heteroatoms. The van der Waals surface area contributed by atoms with Crippen LogP contribution in [-0.2, 0) is 11.8 Å². The molecule has 0 saturated heterocycles. The zero-order valence-corrected chi connectivity index (χ0v) is 10.7. The number of nitrogens with one attached hydrogen (secondary N) is 2. The van der Waals surface area contributed by atoms with E-state index in [4.69, 9.17) is 5.73 Å². The molecule has 17 heavy (non-hydrogen) atoms. The Labute approximate surface area is 102 Å². The number of amides is 1. The van der Waals surface area contributed by atoms with Gasteiger partial charge in [-0.05, 0) is 13.3 Å².